The molecule has 0 saturated carbocycles. The maximum absolute atomic E-state index is 12.3. The van der Waals surface area contributed by atoms with Crippen molar-refractivity contribution in [3.05, 3.63) is 23.8 Å². The van der Waals surface area contributed by atoms with Gasteiger partial charge in [0.2, 0.25) is 0 Å². The van der Waals surface area contributed by atoms with E-state index in [-0.39, 0.29) is 15.8 Å². The molecule has 0 amide bonds. The van der Waals surface area contributed by atoms with Crippen LogP contribution < -0.4 is 10.5 Å². The van der Waals surface area contributed by atoms with Gasteiger partial charge >= 0.3 is 0 Å². The Balaban J connectivity index is 2.43. The molecule has 0 aliphatic heterocycles. The first-order chi connectivity index (χ1) is 9.22. The smallest absolute Gasteiger partial charge is 0.282 e. The van der Waals surface area contributed by atoms with Gasteiger partial charge in [-0.2, -0.15) is 13.5 Å². The zero-order valence-electron chi connectivity index (χ0n) is 11.2. The van der Waals surface area contributed by atoms with Gasteiger partial charge in [-0.15, -0.1) is 0 Å². The minimum atomic E-state index is -3.82. The lowest BCUT2D eigenvalue weighted by Crippen LogP contribution is -2.19. The van der Waals surface area contributed by atoms with E-state index in [1.54, 1.807) is 25.6 Å². The molecule has 2 rings (SSSR count). The Morgan fingerprint density at radius 2 is 2.10 bits per heavy atom. The number of hydrogen-bond acceptors (Lipinski definition) is 5. The second-order valence-electron chi connectivity index (χ2n) is 4.24. The molecule has 0 radical (unpaired) electrons. The fourth-order valence-corrected chi connectivity index (χ4v) is 2.87. The van der Waals surface area contributed by atoms with Crippen LogP contribution in [0.3, 0.4) is 0 Å². The Morgan fingerprint density at radius 1 is 1.45 bits per heavy atom. The third kappa shape index (κ3) is 2.51. The van der Waals surface area contributed by atoms with Crippen LogP contribution in [0.2, 0.25) is 0 Å². The van der Waals surface area contributed by atoms with Gasteiger partial charge in [-0.05, 0) is 6.92 Å². The standard InChI is InChI=1S/C10H14N6O2S2/c1-6-13-8(5-15(6)2)20(17,18)14-10-7(9(11)19)4-12-16(10)3/h4-5,14H,1-3H3,(H2,11,19). The third-order valence-electron chi connectivity index (χ3n) is 2.80. The van der Waals surface area contributed by atoms with E-state index in [9.17, 15) is 8.42 Å². The van der Waals surface area contributed by atoms with Crippen molar-refractivity contribution in [1.82, 2.24) is 19.3 Å². The van der Waals surface area contributed by atoms with Crippen molar-refractivity contribution in [2.75, 3.05) is 4.72 Å². The predicted octanol–water partition coefficient (Wildman–Crippen LogP) is -0.103. The molecule has 3 N–H and O–H groups in total. The van der Waals surface area contributed by atoms with Gasteiger partial charge in [0.1, 0.15) is 16.6 Å². The predicted molar refractivity (Wildman–Crippen MR) is 77.8 cm³/mol. The first-order valence-corrected chi connectivity index (χ1v) is 7.46. The van der Waals surface area contributed by atoms with Crippen LogP contribution in [0.1, 0.15) is 11.4 Å². The molecule has 2 aromatic rings. The second kappa shape index (κ2) is 4.87. The van der Waals surface area contributed by atoms with Gasteiger partial charge in [0.25, 0.3) is 10.0 Å². The van der Waals surface area contributed by atoms with Gasteiger partial charge in [0.05, 0.1) is 11.8 Å². The molecular formula is C10H14N6O2S2. The Labute approximate surface area is 121 Å². The SMILES string of the molecule is Cc1nc(S(=O)(=O)Nc2c(C(N)=S)cnn2C)cn1C. The highest BCUT2D eigenvalue weighted by Gasteiger charge is 2.22. The number of sulfonamides is 1. The Hall–Kier alpha value is -1.94. The van der Waals surface area contributed by atoms with Gasteiger partial charge in [-0.25, -0.2) is 4.98 Å². The lowest BCUT2D eigenvalue weighted by atomic mass is 10.3. The fourth-order valence-electron chi connectivity index (χ4n) is 1.57. The van der Waals surface area contributed by atoms with Crippen molar-refractivity contribution < 1.29 is 8.42 Å². The number of nitrogens with zero attached hydrogens (tertiary/aromatic N) is 4. The van der Waals surface area contributed by atoms with Crippen molar-refractivity contribution in [3.8, 4) is 0 Å². The van der Waals surface area contributed by atoms with E-state index in [2.05, 4.69) is 14.8 Å². The van der Waals surface area contributed by atoms with Gasteiger partial charge in [-0.1, -0.05) is 12.2 Å². The minimum Gasteiger partial charge on any atom is -0.389 e. The molecule has 108 valence electrons. The molecule has 10 heteroatoms. The van der Waals surface area contributed by atoms with Crippen molar-refractivity contribution in [2.24, 2.45) is 19.8 Å². The summed E-state index contributed by atoms with van der Waals surface area (Å²) >= 11 is 4.86. The summed E-state index contributed by atoms with van der Waals surface area (Å²) in [4.78, 5) is 4.05. The molecule has 0 fully saturated rings. The quantitative estimate of drug-likeness (QED) is 0.763. The molecule has 0 aliphatic rings. The number of nitrogens with two attached hydrogens (primary N) is 1. The lowest BCUT2D eigenvalue weighted by Gasteiger charge is -2.08. The van der Waals surface area contributed by atoms with Crippen LogP contribution in [0.25, 0.3) is 0 Å². The molecule has 0 unspecified atom stereocenters. The molecule has 0 spiro atoms. The molecule has 0 saturated heterocycles. The van der Waals surface area contributed by atoms with Crippen LogP contribution in [0.4, 0.5) is 5.82 Å². The van der Waals surface area contributed by atoms with Crippen LogP contribution in [0.15, 0.2) is 17.4 Å². The van der Waals surface area contributed by atoms with E-state index in [4.69, 9.17) is 18.0 Å². The van der Waals surface area contributed by atoms with Gasteiger partial charge in [-0.3, -0.25) is 9.40 Å². The van der Waals surface area contributed by atoms with Crippen LogP contribution in [-0.2, 0) is 24.1 Å². The summed E-state index contributed by atoms with van der Waals surface area (Å²) in [6.07, 6.45) is 2.83. The summed E-state index contributed by atoms with van der Waals surface area (Å²) in [5, 5.41) is 3.86. The van der Waals surface area contributed by atoms with Crippen LogP contribution >= 0.6 is 12.2 Å². The van der Waals surface area contributed by atoms with E-state index in [1.165, 1.54) is 17.1 Å². The first kappa shape index (κ1) is 14.5. The summed E-state index contributed by atoms with van der Waals surface area (Å²) in [6, 6.07) is 0. The summed E-state index contributed by atoms with van der Waals surface area (Å²) in [7, 11) is -0.521. The van der Waals surface area contributed by atoms with E-state index < -0.39 is 10.0 Å². The number of nitrogens with one attached hydrogen (secondary N) is 1. The lowest BCUT2D eigenvalue weighted by molar-refractivity contribution is 0.597. The summed E-state index contributed by atoms with van der Waals surface area (Å²) < 4.78 is 29.9. The number of aryl methyl sites for hydroxylation is 3. The van der Waals surface area contributed by atoms with Gasteiger partial charge in [0.15, 0.2) is 5.03 Å². The van der Waals surface area contributed by atoms with Gasteiger partial charge in [0, 0.05) is 20.3 Å². The molecule has 2 heterocycles. The number of rotatable bonds is 4. The van der Waals surface area contributed by atoms with Crippen LogP contribution in [0, 0.1) is 6.92 Å². The van der Waals surface area contributed by atoms with E-state index >= 15 is 0 Å². The van der Waals surface area contributed by atoms with Crippen LogP contribution in [-0.4, -0.2) is 32.7 Å². The highest BCUT2D eigenvalue weighted by molar-refractivity contribution is 7.92. The van der Waals surface area contributed by atoms with Gasteiger partial charge < -0.3 is 10.3 Å². The topological polar surface area (TPSA) is 108 Å². The van der Waals surface area contributed by atoms with E-state index in [0.29, 0.717) is 11.4 Å². The fraction of sp³-hybridized carbons (Fsp3) is 0.300. The number of hydrogen-bond donors (Lipinski definition) is 2. The normalized spacial score (nSPS) is 11.6. The monoisotopic (exact) mass is 314 g/mol. The number of anilines is 1. The van der Waals surface area contributed by atoms with Crippen LogP contribution in [0.5, 0.6) is 0 Å². The zero-order chi connectivity index (χ0) is 15.1. The Kier molecular flexibility index (Phi) is 3.52. The van der Waals surface area contributed by atoms with Crippen molar-refractivity contribution in [1.29, 1.82) is 0 Å². The second-order valence-corrected chi connectivity index (χ2v) is 6.31. The highest BCUT2D eigenvalue weighted by atomic mass is 32.2. The zero-order valence-corrected chi connectivity index (χ0v) is 12.8. The summed E-state index contributed by atoms with van der Waals surface area (Å²) in [6.45, 7) is 1.71. The molecule has 20 heavy (non-hydrogen) atoms. The minimum absolute atomic E-state index is 0.0630. The molecule has 0 aromatic carbocycles. The molecular weight excluding hydrogens is 300 g/mol. The maximum Gasteiger partial charge on any atom is 0.282 e. The number of aromatic nitrogens is 4. The number of thiocarbonyl (C=S) groups is 1. The van der Waals surface area contributed by atoms with Crippen molar-refractivity contribution >= 4 is 33.0 Å². The molecule has 0 aliphatic carbocycles. The average Bonchev–Trinajstić information content (AvgIpc) is 2.85. The molecule has 0 atom stereocenters. The average molecular weight is 314 g/mol. The van der Waals surface area contributed by atoms with Crippen molar-refractivity contribution in [3.63, 3.8) is 0 Å². The third-order valence-corrected chi connectivity index (χ3v) is 4.23. The Morgan fingerprint density at radius 3 is 2.60 bits per heavy atom. The van der Waals surface area contributed by atoms with E-state index in [0.717, 1.165) is 0 Å². The highest BCUT2D eigenvalue weighted by Crippen LogP contribution is 2.19. The molecule has 8 nitrogen and oxygen atoms in total. The maximum atomic E-state index is 12.3. The first-order valence-electron chi connectivity index (χ1n) is 5.57. The summed E-state index contributed by atoms with van der Waals surface area (Å²) in [5.74, 6) is 0.797. The summed E-state index contributed by atoms with van der Waals surface area (Å²) in [5.41, 5.74) is 5.90. The molecule has 2 aromatic heterocycles. The number of imidazole rings is 1. The van der Waals surface area contributed by atoms with E-state index in [1.807, 2.05) is 0 Å². The largest absolute Gasteiger partial charge is 0.389 e. The molecule has 0 bridgehead atoms. The van der Waals surface area contributed by atoms with Crippen molar-refractivity contribution in [2.45, 2.75) is 11.9 Å². The Bertz CT molecular complexity index is 754.